The highest BCUT2D eigenvalue weighted by Crippen LogP contribution is 2.30. The Hall–Kier alpha value is -2.02. The van der Waals surface area contributed by atoms with Gasteiger partial charge in [-0.3, -0.25) is 5.10 Å². The number of amides is 1. The first kappa shape index (κ1) is 17.8. The molecule has 2 heterocycles. The topological polar surface area (TPSA) is 61.5 Å². The number of aromatic nitrogens is 2. The van der Waals surface area contributed by atoms with Crippen molar-refractivity contribution in [3.05, 3.63) is 34.9 Å². The number of hydrogen-bond acceptors (Lipinski definition) is 4. The maximum absolute atomic E-state index is 12.2. The summed E-state index contributed by atoms with van der Waals surface area (Å²) in [7, 11) is 0. The normalized spacial score (nSPS) is 15.4. The van der Waals surface area contributed by atoms with E-state index in [2.05, 4.69) is 43.2 Å². The average Bonchev–Trinajstić information content (AvgIpc) is 3.04. The highest BCUT2D eigenvalue weighted by molar-refractivity contribution is 9.10. The quantitative estimate of drug-likeness (QED) is 0.821. The minimum Gasteiger partial charge on any atom is -0.444 e. The van der Waals surface area contributed by atoms with Crippen LogP contribution in [0.1, 0.15) is 20.8 Å². The van der Waals surface area contributed by atoms with Crippen LogP contribution >= 0.6 is 15.9 Å². The van der Waals surface area contributed by atoms with Crippen molar-refractivity contribution in [3.8, 4) is 11.3 Å². The molecule has 1 aliphatic rings. The van der Waals surface area contributed by atoms with Crippen molar-refractivity contribution in [2.45, 2.75) is 26.4 Å². The first-order valence-corrected chi connectivity index (χ1v) is 9.15. The van der Waals surface area contributed by atoms with Crippen LogP contribution in [0.5, 0.6) is 0 Å². The molecule has 1 saturated heterocycles. The fraction of sp³-hybridized carbons (Fsp3) is 0.444. The number of ether oxygens (including phenoxy) is 1. The van der Waals surface area contributed by atoms with Crippen LogP contribution in [0.4, 0.5) is 10.5 Å². The summed E-state index contributed by atoms with van der Waals surface area (Å²) < 4.78 is 6.50. The molecule has 6 nitrogen and oxygen atoms in total. The number of nitrogens with zero attached hydrogens (tertiary/aromatic N) is 3. The molecule has 25 heavy (non-hydrogen) atoms. The fourth-order valence-electron chi connectivity index (χ4n) is 2.80. The van der Waals surface area contributed by atoms with E-state index in [1.807, 2.05) is 39.1 Å². The summed E-state index contributed by atoms with van der Waals surface area (Å²) >= 11 is 3.46. The third kappa shape index (κ3) is 4.34. The molecule has 7 heteroatoms. The Labute approximate surface area is 156 Å². The van der Waals surface area contributed by atoms with Gasteiger partial charge in [0.2, 0.25) is 0 Å². The number of rotatable bonds is 2. The van der Waals surface area contributed by atoms with Gasteiger partial charge in [-0.2, -0.15) is 5.10 Å². The van der Waals surface area contributed by atoms with E-state index in [-0.39, 0.29) is 6.09 Å². The number of hydrogen-bond donors (Lipinski definition) is 1. The Morgan fingerprint density at radius 3 is 2.40 bits per heavy atom. The monoisotopic (exact) mass is 406 g/mol. The maximum atomic E-state index is 12.2. The fourth-order valence-corrected chi connectivity index (χ4v) is 3.07. The van der Waals surface area contributed by atoms with Crippen LogP contribution in [0.2, 0.25) is 0 Å². The van der Waals surface area contributed by atoms with Crippen molar-refractivity contribution < 1.29 is 9.53 Å². The van der Waals surface area contributed by atoms with Crippen LogP contribution in [-0.4, -0.2) is 53.0 Å². The Bertz CT molecular complexity index is 728. The van der Waals surface area contributed by atoms with Gasteiger partial charge in [-0.1, -0.05) is 28.1 Å². The molecule has 0 bridgehead atoms. The molecule has 0 radical (unpaired) electrons. The number of carbonyl (C=O) groups is 1. The molecule has 1 fully saturated rings. The summed E-state index contributed by atoms with van der Waals surface area (Å²) in [6.45, 7) is 8.44. The van der Waals surface area contributed by atoms with E-state index in [1.54, 1.807) is 4.90 Å². The van der Waals surface area contributed by atoms with Crippen LogP contribution in [0.3, 0.4) is 0 Å². The van der Waals surface area contributed by atoms with Gasteiger partial charge in [-0.25, -0.2) is 4.79 Å². The predicted molar refractivity (Wildman–Crippen MR) is 102 cm³/mol. The largest absolute Gasteiger partial charge is 0.444 e. The van der Waals surface area contributed by atoms with Crippen molar-refractivity contribution in [1.82, 2.24) is 15.1 Å². The second kappa shape index (κ2) is 7.07. The minimum atomic E-state index is -0.465. The molecule has 1 amide bonds. The lowest BCUT2D eigenvalue weighted by Gasteiger charge is -2.36. The molecule has 0 saturated carbocycles. The molecule has 1 aliphatic heterocycles. The molecule has 0 aliphatic carbocycles. The number of H-pyrrole nitrogens is 1. The maximum Gasteiger partial charge on any atom is 0.410 e. The third-order valence-electron chi connectivity index (χ3n) is 4.02. The zero-order chi connectivity index (χ0) is 18.0. The Morgan fingerprint density at radius 2 is 1.80 bits per heavy atom. The molecule has 2 aromatic rings. The highest BCUT2D eigenvalue weighted by Gasteiger charge is 2.27. The van der Waals surface area contributed by atoms with E-state index in [1.165, 1.54) is 0 Å². The highest BCUT2D eigenvalue weighted by atomic mass is 79.9. The van der Waals surface area contributed by atoms with Crippen LogP contribution in [0.15, 0.2) is 34.9 Å². The first-order valence-electron chi connectivity index (χ1n) is 8.36. The average molecular weight is 407 g/mol. The van der Waals surface area contributed by atoms with E-state index in [4.69, 9.17) is 4.74 Å². The smallest absolute Gasteiger partial charge is 0.410 e. The summed E-state index contributed by atoms with van der Waals surface area (Å²) in [5.41, 5.74) is 2.68. The molecule has 0 spiro atoms. The van der Waals surface area contributed by atoms with Crippen LogP contribution in [-0.2, 0) is 4.74 Å². The lowest BCUT2D eigenvalue weighted by Crippen LogP contribution is -2.50. The van der Waals surface area contributed by atoms with E-state index in [9.17, 15) is 4.79 Å². The second-order valence-electron chi connectivity index (χ2n) is 7.09. The molecule has 0 unspecified atom stereocenters. The van der Waals surface area contributed by atoms with Crippen molar-refractivity contribution in [1.29, 1.82) is 0 Å². The number of anilines is 1. The Balaban J connectivity index is 1.67. The van der Waals surface area contributed by atoms with Gasteiger partial charge in [-0.05, 0) is 32.9 Å². The van der Waals surface area contributed by atoms with Gasteiger partial charge in [0.15, 0.2) is 0 Å². The van der Waals surface area contributed by atoms with Crippen molar-refractivity contribution in [2.75, 3.05) is 31.1 Å². The number of halogens is 1. The van der Waals surface area contributed by atoms with Crippen LogP contribution < -0.4 is 4.90 Å². The van der Waals surface area contributed by atoms with E-state index in [0.29, 0.717) is 13.1 Å². The SMILES string of the molecule is CC(C)(C)OC(=O)N1CCN(c2cn[nH]c2-c2ccc(Br)cc2)CC1. The van der Waals surface area contributed by atoms with E-state index < -0.39 is 5.60 Å². The zero-order valence-electron chi connectivity index (χ0n) is 14.8. The molecule has 3 rings (SSSR count). The van der Waals surface area contributed by atoms with Gasteiger partial charge < -0.3 is 14.5 Å². The van der Waals surface area contributed by atoms with Gasteiger partial charge in [0.05, 0.1) is 17.6 Å². The summed E-state index contributed by atoms with van der Waals surface area (Å²) in [6.07, 6.45) is 1.60. The van der Waals surface area contributed by atoms with Crippen molar-refractivity contribution in [3.63, 3.8) is 0 Å². The predicted octanol–water partition coefficient (Wildman–Crippen LogP) is 3.90. The zero-order valence-corrected chi connectivity index (χ0v) is 16.3. The van der Waals surface area contributed by atoms with Crippen molar-refractivity contribution in [2.24, 2.45) is 0 Å². The van der Waals surface area contributed by atoms with Crippen LogP contribution in [0, 0.1) is 0 Å². The third-order valence-corrected chi connectivity index (χ3v) is 4.55. The lowest BCUT2D eigenvalue weighted by atomic mass is 10.1. The van der Waals surface area contributed by atoms with E-state index >= 15 is 0 Å². The number of benzene rings is 1. The Morgan fingerprint density at radius 1 is 1.16 bits per heavy atom. The molecule has 0 atom stereocenters. The molecule has 1 N–H and O–H groups in total. The molecular formula is C18H23BrN4O2. The minimum absolute atomic E-state index is 0.243. The van der Waals surface area contributed by atoms with Gasteiger partial charge in [0, 0.05) is 36.2 Å². The van der Waals surface area contributed by atoms with Crippen LogP contribution in [0.25, 0.3) is 11.3 Å². The van der Waals surface area contributed by atoms with Gasteiger partial charge >= 0.3 is 6.09 Å². The molecule has 1 aromatic heterocycles. The first-order chi connectivity index (χ1) is 11.8. The number of nitrogens with one attached hydrogen (secondary N) is 1. The summed E-state index contributed by atoms with van der Waals surface area (Å²) in [6, 6.07) is 8.14. The summed E-state index contributed by atoms with van der Waals surface area (Å²) in [5, 5.41) is 7.31. The van der Waals surface area contributed by atoms with Gasteiger partial charge in [-0.15, -0.1) is 0 Å². The molecule has 1 aromatic carbocycles. The summed E-state index contributed by atoms with van der Waals surface area (Å²) in [5.74, 6) is 0. The summed E-state index contributed by atoms with van der Waals surface area (Å²) in [4.78, 5) is 16.2. The molecular weight excluding hydrogens is 384 g/mol. The number of carbonyl (C=O) groups excluding carboxylic acids is 1. The second-order valence-corrected chi connectivity index (χ2v) is 8.01. The molecule has 134 valence electrons. The van der Waals surface area contributed by atoms with Crippen molar-refractivity contribution >= 4 is 27.7 Å². The van der Waals surface area contributed by atoms with Gasteiger partial charge in [0.25, 0.3) is 0 Å². The lowest BCUT2D eigenvalue weighted by molar-refractivity contribution is 0.0240. The van der Waals surface area contributed by atoms with E-state index in [0.717, 1.165) is 34.5 Å². The number of aromatic amines is 1. The Kier molecular flexibility index (Phi) is 5.03. The van der Waals surface area contributed by atoms with Gasteiger partial charge in [0.1, 0.15) is 5.60 Å². The standard InChI is InChI=1S/C18H23BrN4O2/c1-18(2,3)25-17(24)23-10-8-22(9-11-23)15-12-20-21-16(15)13-4-6-14(19)7-5-13/h4-7,12H,8-11H2,1-3H3,(H,20,21). The number of piperazine rings is 1.